The highest BCUT2D eigenvalue weighted by Gasteiger charge is 2.09. The Hall–Kier alpha value is -1.52. The number of halogens is 1. The fourth-order valence-electron chi connectivity index (χ4n) is 0.777. The van der Waals surface area contributed by atoms with Crippen LogP contribution in [0.4, 0.5) is 10.1 Å². The maximum Gasteiger partial charge on any atom is 0.253 e. The summed E-state index contributed by atoms with van der Waals surface area (Å²) < 4.78 is 22.2. The van der Waals surface area contributed by atoms with Gasteiger partial charge in [-0.05, 0) is 0 Å². The molecular weight excluding hydrogens is 163 g/mol. The SMILES string of the molecule is COc1nc(OC)c(F)cc1N. The zero-order valence-electron chi connectivity index (χ0n) is 6.80. The van der Waals surface area contributed by atoms with Gasteiger partial charge < -0.3 is 15.2 Å². The zero-order chi connectivity index (χ0) is 9.14. The number of ether oxygens (including phenoxy) is 2. The van der Waals surface area contributed by atoms with E-state index in [0.717, 1.165) is 6.07 Å². The number of nitrogen functional groups attached to an aromatic ring is 1. The van der Waals surface area contributed by atoms with Crippen LogP contribution in [0.1, 0.15) is 0 Å². The molecule has 0 atom stereocenters. The van der Waals surface area contributed by atoms with Crippen LogP contribution in [-0.4, -0.2) is 19.2 Å². The predicted octanol–water partition coefficient (Wildman–Crippen LogP) is 0.820. The standard InChI is InChI=1S/C7H9FN2O2/c1-11-6-4(8)3-5(9)7(10-6)12-2/h3H,9H2,1-2H3. The number of hydrogen-bond donors (Lipinski definition) is 1. The Morgan fingerprint density at radius 3 is 2.42 bits per heavy atom. The number of nitrogens with two attached hydrogens (primary N) is 1. The van der Waals surface area contributed by atoms with Crippen molar-refractivity contribution in [3.8, 4) is 11.8 Å². The molecule has 12 heavy (non-hydrogen) atoms. The molecule has 0 unspecified atom stereocenters. The molecule has 1 aromatic heterocycles. The summed E-state index contributed by atoms with van der Waals surface area (Å²) in [4.78, 5) is 3.66. The van der Waals surface area contributed by atoms with Crippen molar-refractivity contribution >= 4 is 5.69 Å². The van der Waals surface area contributed by atoms with Crippen molar-refractivity contribution in [3.63, 3.8) is 0 Å². The second-order valence-electron chi connectivity index (χ2n) is 2.08. The van der Waals surface area contributed by atoms with E-state index in [1.165, 1.54) is 14.2 Å². The Bertz CT molecular complexity index is 266. The first-order chi connectivity index (χ1) is 5.69. The summed E-state index contributed by atoms with van der Waals surface area (Å²) in [6, 6.07) is 1.10. The van der Waals surface area contributed by atoms with Crippen LogP contribution in [0.25, 0.3) is 0 Å². The monoisotopic (exact) mass is 172 g/mol. The second kappa shape index (κ2) is 3.25. The fourth-order valence-corrected chi connectivity index (χ4v) is 0.777. The maximum absolute atomic E-state index is 12.8. The number of methoxy groups -OCH3 is 2. The minimum absolute atomic E-state index is 0.124. The molecule has 1 rings (SSSR count). The lowest BCUT2D eigenvalue weighted by atomic mass is 10.4. The summed E-state index contributed by atoms with van der Waals surface area (Å²) in [7, 11) is 2.72. The highest BCUT2D eigenvalue weighted by Crippen LogP contribution is 2.24. The van der Waals surface area contributed by atoms with Gasteiger partial charge in [0.1, 0.15) is 0 Å². The summed E-state index contributed by atoms with van der Waals surface area (Å²) in [5, 5.41) is 0. The number of hydrogen-bond acceptors (Lipinski definition) is 4. The van der Waals surface area contributed by atoms with Crippen molar-refractivity contribution in [1.82, 2.24) is 4.98 Å². The van der Waals surface area contributed by atoms with Crippen molar-refractivity contribution in [1.29, 1.82) is 0 Å². The lowest BCUT2D eigenvalue weighted by Crippen LogP contribution is -1.99. The van der Waals surface area contributed by atoms with Crippen LogP contribution in [0.15, 0.2) is 6.07 Å². The van der Waals surface area contributed by atoms with E-state index in [2.05, 4.69) is 9.72 Å². The predicted molar refractivity (Wildman–Crippen MR) is 41.7 cm³/mol. The summed E-state index contributed by atoms with van der Waals surface area (Å²) in [6.07, 6.45) is 0. The van der Waals surface area contributed by atoms with E-state index in [1.54, 1.807) is 0 Å². The molecule has 66 valence electrons. The number of nitrogens with zero attached hydrogens (tertiary/aromatic N) is 1. The molecule has 0 amide bonds. The molecular formula is C7H9FN2O2. The molecule has 5 heteroatoms. The van der Waals surface area contributed by atoms with E-state index >= 15 is 0 Å². The van der Waals surface area contributed by atoms with Crippen molar-refractivity contribution in [3.05, 3.63) is 11.9 Å². The van der Waals surface area contributed by atoms with Gasteiger partial charge in [-0.3, -0.25) is 0 Å². The molecule has 0 saturated carbocycles. The molecule has 0 fully saturated rings. The van der Waals surface area contributed by atoms with Crippen LogP contribution in [-0.2, 0) is 0 Å². The third kappa shape index (κ3) is 1.39. The molecule has 0 aliphatic heterocycles. The van der Waals surface area contributed by atoms with Gasteiger partial charge in [-0.2, -0.15) is 4.98 Å². The minimum atomic E-state index is -0.601. The van der Waals surface area contributed by atoms with Gasteiger partial charge in [-0.15, -0.1) is 0 Å². The Balaban J connectivity index is 3.18. The molecule has 0 saturated heterocycles. The Morgan fingerprint density at radius 2 is 1.92 bits per heavy atom. The van der Waals surface area contributed by atoms with Crippen molar-refractivity contribution < 1.29 is 13.9 Å². The van der Waals surface area contributed by atoms with Gasteiger partial charge in [-0.25, -0.2) is 4.39 Å². The lowest BCUT2D eigenvalue weighted by molar-refractivity contribution is 0.346. The van der Waals surface area contributed by atoms with Crippen LogP contribution in [0.5, 0.6) is 11.8 Å². The van der Waals surface area contributed by atoms with Gasteiger partial charge in [0.05, 0.1) is 19.9 Å². The Labute approximate surface area is 69.1 Å². The van der Waals surface area contributed by atoms with Crippen LogP contribution >= 0.6 is 0 Å². The normalized spacial score (nSPS) is 9.58. The first-order valence-corrected chi connectivity index (χ1v) is 3.23. The minimum Gasteiger partial charge on any atom is -0.479 e. The number of anilines is 1. The molecule has 1 aromatic rings. The number of aromatic nitrogens is 1. The first kappa shape index (κ1) is 8.58. The molecule has 0 aromatic carbocycles. The molecule has 0 radical (unpaired) electrons. The fraction of sp³-hybridized carbons (Fsp3) is 0.286. The smallest absolute Gasteiger partial charge is 0.253 e. The topological polar surface area (TPSA) is 57.4 Å². The van der Waals surface area contributed by atoms with E-state index in [0.29, 0.717) is 0 Å². The summed E-state index contributed by atoms with van der Waals surface area (Å²) in [6.45, 7) is 0. The summed E-state index contributed by atoms with van der Waals surface area (Å²) in [5.74, 6) is -0.565. The molecule has 0 aliphatic carbocycles. The molecule has 1 heterocycles. The first-order valence-electron chi connectivity index (χ1n) is 3.23. The van der Waals surface area contributed by atoms with Gasteiger partial charge in [0.15, 0.2) is 5.82 Å². The van der Waals surface area contributed by atoms with Crippen molar-refractivity contribution in [2.45, 2.75) is 0 Å². The summed E-state index contributed by atoms with van der Waals surface area (Å²) >= 11 is 0. The third-order valence-corrected chi connectivity index (χ3v) is 1.32. The van der Waals surface area contributed by atoms with Gasteiger partial charge >= 0.3 is 0 Å². The lowest BCUT2D eigenvalue weighted by Gasteiger charge is -2.05. The largest absolute Gasteiger partial charge is 0.479 e. The maximum atomic E-state index is 12.8. The van der Waals surface area contributed by atoms with Gasteiger partial charge in [0.25, 0.3) is 5.88 Å². The van der Waals surface area contributed by atoms with E-state index < -0.39 is 5.82 Å². The van der Waals surface area contributed by atoms with E-state index in [-0.39, 0.29) is 17.4 Å². The zero-order valence-corrected chi connectivity index (χ0v) is 6.80. The van der Waals surface area contributed by atoms with Crippen LogP contribution in [0, 0.1) is 5.82 Å². The third-order valence-electron chi connectivity index (χ3n) is 1.32. The summed E-state index contributed by atoms with van der Waals surface area (Å²) in [5.41, 5.74) is 5.52. The molecule has 0 aliphatic rings. The molecule has 0 spiro atoms. The molecule has 4 nitrogen and oxygen atoms in total. The Morgan fingerprint density at radius 1 is 1.33 bits per heavy atom. The van der Waals surface area contributed by atoms with Crippen molar-refractivity contribution in [2.24, 2.45) is 0 Å². The van der Waals surface area contributed by atoms with E-state index in [1.807, 2.05) is 0 Å². The van der Waals surface area contributed by atoms with Crippen LogP contribution < -0.4 is 15.2 Å². The van der Waals surface area contributed by atoms with Gasteiger partial charge in [0, 0.05) is 6.07 Å². The number of pyridine rings is 1. The average molecular weight is 172 g/mol. The second-order valence-corrected chi connectivity index (χ2v) is 2.08. The highest BCUT2D eigenvalue weighted by molar-refractivity contribution is 5.49. The quantitative estimate of drug-likeness (QED) is 0.717. The molecule has 0 bridgehead atoms. The van der Waals surface area contributed by atoms with E-state index in [9.17, 15) is 4.39 Å². The van der Waals surface area contributed by atoms with Crippen LogP contribution in [0.3, 0.4) is 0 Å². The van der Waals surface area contributed by atoms with Gasteiger partial charge in [0.2, 0.25) is 5.88 Å². The number of rotatable bonds is 2. The van der Waals surface area contributed by atoms with Crippen molar-refractivity contribution in [2.75, 3.05) is 20.0 Å². The Kier molecular flexibility index (Phi) is 2.32. The van der Waals surface area contributed by atoms with Gasteiger partial charge in [-0.1, -0.05) is 0 Å². The molecule has 2 N–H and O–H groups in total. The van der Waals surface area contributed by atoms with E-state index in [4.69, 9.17) is 10.5 Å². The average Bonchev–Trinajstić information content (AvgIpc) is 2.05. The van der Waals surface area contributed by atoms with Crippen LogP contribution in [0.2, 0.25) is 0 Å². The highest BCUT2D eigenvalue weighted by atomic mass is 19.1.